The van der Waals surface area contributed by atoms with Crippen LogP contribution in [0.1, 0.15) is 28.8 Å². The van der Waals surface area contributed by atoms with E-state index >= 15 is 0 Å². The Bertz CT molecular complexity index is 652. The lowest BCUT2D eigenvalue weighted by Gasteiger charge is -2.08. The van der Waals surface area contributed by atoms with Crippen molar-refractivity contribution in [2.45, 2.75) is 29.9 Å². The summed E-state index contributed by atoms with van der Waals surface area (Å²) in [6, 6.07) is 10.6. The van der Waals surface area contributed by atoms with Gasteiger partial charge in [-0.15, -0.1) is 11.8 Å². The minimum Gasteiger partial charge on any atom is -0.382 e. The standard InChI is InChI=1S/C16H17N3S/c17-16(18)15-13(5-2-8-19-15)10-20-14-7-6-11-3-1-4-12(11)9-14/h2,5-9H,1,3-4,10H2,(H3,17,18). The molecule has 1 heterocycles. The Morgan fingerprint density at radius 1 is 1.25 bits per heavy atom. The van der Waals surface area contributed by atoms with E-state index in [-0.39, 0.29) is 5.84 Å². The number of nitrogens with zero attached hydrogens (tertiary/aromatic N) is 1. The fourth-order valence-corrected chi connectivity index (χ4v) is 3.54. The van der Waals surface area contributed by atoms with Crippen molar-refractivity contribution in [2.75, 3.05) is 0 Å². The molecule has 3 N–H and O–H groups in total. The van der Waals surface area contributed by atoms with E-state index < -0.39 is 0 Å². The third kappa shape index (κ3) is 2.70. The lowest BCUT2D eigenvalue weighted by Crippen LogP contribution is -2.15. The molecule has 1 aliphatic carbocycles. The highest BCUT2D eigenvalue weighted by atomic mass is 32.2. The first-order chi connectivity index (χ1) is 9.74. The van der Waals surface area contributed by atoms with Crippen LogP contribution in [-0.2, 0) is 18.6 Å². The first kappa shape index (κ1) is 13.2. The van der Waals surface area contributed by atoms with E-state index in [0.29, 0.717) is 5.69 Å². The van der Waals surface area contributed by atoms with Crippen LogP contribution in [0.2, 0.25) is 0 Å². The highest BCUT2D eigenvalue weighted by Crippen LogP contribution is 2.29. The molecule has 1 aromatic carbocycles. The second kappa shape index (κ2) is 5.67. The van der Waals surface area contributed by atoms with Gasteiger partial charge in [0.25, 0.3) is 0 Å². The van der Waals surface area contributed by atoms with Crippen LogP contribution < -0.4 is 5.73 Å². The number of thioether (sulfide) groups is 1. The van der Waals surface area contributed by atoms with Crippen LogP contribution in [0.5, 0.6) is 0 Å². The summed E-state index contributed by atoms with van der Waals surface area (Å²) < 4.78 is 0. The van der Waals surface area contributed by atoms with Gasteiger partial charge < -0.3 is 5.73 Å². The number of nitrogens with one attached hydrogen (secondary N) is 1. The van der Waals surface area contributed by atoms with Crippen LogP contribution in [0.3, 0.4) is 0 Å². The van der Waals surface area contributed by atoms with E-state index in [0.717, 1.165) is 11.3 Å². The number of hydrogen-bond donors (Lipinski definition) is 2. The van der Waals surface area contributed by atoms with E-state index in [1.54, 1.807) is 18.0 Å². The summed E-state index contributed by atoms with van der Waals surface area (Å²) in [5.41, 5.74) is 10.2. The van der Waals surface area contributed by atoms with Crippen LogP contribution in [0.25, 0.3) is 0 Å². The summed E-state index contributed by atoms with van der Waals surface area (Å²) in [4.78, 5) is 5.47. The fourth-order valence-electron chi connectivity index (χ4n) is 2.60. The second-order valence-corrected chi connectivity index (χ2v) is 6.05. The third-order valence-electron chi connectivity index (χ3n) is 3.61. The Labute approximate surface area is 123 Å². The van der Waals surface area contributed by atoms with Crippen molar-refractivity contribution in [1.82, 2.24) is 4.98 Å². The zero-order valence-corrected chi connectivity index (χ0v) is 12.0. The predicted octanol–water partition coefficient (Wildman–Crippen LogP) is 3.15. The molecule has 1 aromatic heterocycles. The number of rotatable bonds is 4. The average Bonchev–Trinajstić information content (AvgIpc) is 2.92. The van der Waals surface area contributed by atoms with E-state index in [2.05, 4.69) is 23.2 Å². The van der Waals surface area contributed by atoms with Crippen molar-refractivity contribution in [3.05, 3.63) is 58.9 Å². The predicted molar refractivity (Wildman–Crippen MR) is 83.3 cm³/mol. The lowest BCUT2D eigenvalue weighted by molar-refractivity contribution is 0.911. The SMILES string of the molecule is N=C(N)c1ncccc1CSc1ccc2c(c1)CCC2. The molecule has 0 spiro atoms. The first-order valence-electron chi connectivity index (χ1n) is 6.77. The number of pyridine rings is 1. The maximum Gasteiger partial charge on any atom is 0.142 e. The van der Waals surface area contributed by atoms with Gasteiger partial charge in [0.15, 0.2) is 0 Å². The molecule has 20 heavy (non-hydrogen) atoms. The highest BCUT2D eigenvalue weighted by Gasteiger charge is 2.12. The van der Waals surface area contributed by atoms with Crippen molar-refractivity contribution in [1.29, 1.82) is 5.41 Å². The van der Waals surface area contributed by atoms with Crippen LogP contribution >= 0.6 is 11.8 Å². The minimum absolute atomic E-state index is 0.0372. The maximum atomic E-state index is 7.57. The van der Waals surface area contributed by atoms with Crippen molar-refractivity contribution in [3.8, 4) is 0 Å². The van der Waals surface area contributed by atoms with Gasteiger partial charge in [-0.2, -0.15) is 0 Å². The molecule has 0 fully saturated rings. The molecule has 4 heteroatoms. The quantitative estimate of drug-likeness (QED) is 0.515. The number of aromatic nitrogens is 1. The highest BCUT2D eigenvalue weighted by molar-refractivity contribution is 7.98. The van der Waals surface area contributed by atoms with Gasteiger partial charge in [0.2, 0.25) is 0 Å². The summed E-state index contributed by atoms with van der Waals surface area (Å²) in [6.45, 7) is 0. The van der Waals surface area contributed by atoms with Crippen LogP contribution in [0.4, 0.5) is 0 Å². The van der Waals surface area contributed by atoms with Gasteiger partial charge in [-0.25, -0.2) is 0 Å². The number of nitrogen functional groups attached to an aromatic ring is 1. The number of aryl methyl sites for hydroxylation is 2. The van der Waals surface area contributed by atoms with Crippen molar-refractivity contribution < 1.29 is 0 Å². The largest absolute Gasteiger partial charge is 0.382 e. The van der Waals surface area contributed by atoms with E-state index in [1.807, 2.05) is 12.1 Å². The number of hydrogen-bond acceptors (Lipinski definition) is 3. The minimum atomic E-state index is 0.0372. The van der Waals surface area contributed by atoms with Crippen LogP contribution in [0.15, 0.2) is 41.4 Å². The van der Waals surface area contributed by atoms with Gasteiger partial charge in [0.1, 0.15) is 11.5 Å². The molecular formula is C16H17N3S. The molecule has 0 unspecified atom stereocenters. The summed E-state index contributed by atoms with van der Waals surface area (Å²) in [5, 5.41) is 7.57. The molecule has 2 aromatic rings. The first-order valence-corrected chi connectivity index (χ1v) is 7.75. The summed E-state index contributed by atoms with van der Waals surface area (Å²) in [6.07, 6.45) is 5.38. The molecule has 0 saturated heterocycles. The van der Waals surface area contributed by atoms with Gasteiger partial charge in [-0.05, 0) is 54.2 Å². The van der Waals surface area contributed by atoms with Crippen molar-refractivity contribution in [2.24, 2.45) is 5.73 Å². The number of amidine groups is 1. The number of fused-ring (bicyclic) bond motifs is 1. The van der Waals surface area contributed by atoms with Crippen molar-refractivity contribution >= 4 is 17.6 Å². The summed E-state index contributed by atoms with van der Waals surface area (Å²) in [5.74, 6) is 0.830. The molecule has 0 atom stereocenters. The van der Waals surface area contributed by atoms with Crippen LogP contribution in [-0.4, -0.2) is 10.8 Å². The third-order valence-corrected chi connectivity index (χ3v) is 4.65. The van der Waals surface area contributed by atoms with Gasteiger partial charge in [0.05, 0.1) is 0 Å². The van der Waals surface area contributed by atoms with Gasteiger partial charge >= 0.3 is 0 Å². The molecule has 3 nitrogen and oxygen atoms in total. The molecule has 0 amide bonds. The number of nitrogens with two attached hydrogens (primary N) is 1. The molecular weight excluding hydrogens is 266 g/mol. The smallest absolute Gasteiger partial charge is 0.142 e. The van der Waals surface area contributed by atoms with Gasteiger partial charge in [-0.3, -0.25) is 10.4 Å². The lowest BCUT2D eigenvalue weighted by atomic mass is 10.1. The van der Waals surface area contributed by atoms with Gasteiger partial charge in [-0.1, -0.05) is 12.1 Å². The maximum absolute atomic E-state index is 7.57. The summed E-state index contributed by atoms with van der Waals surface area (Å²) in [7, 11) is 0. The molecule has 1 aliphatic rings. The fraction of sp³-hybridized carbons (Fsp3) is 0.250. The second-order valence-electron chi connectivity index (χ2n) is 5.00. The Morgan fingerprint density at radius 3 is 2.95 bits per heavy atom. The monoisotopic (exact) mass is 283 g/mol. The van der Waals surface area contributed by atoms with E-state index in [9.17, 15) is 0 Å². The van der Waals surface area contributed by atoms with Gasteiger partial charge in [0, 0.05) is 16.8 Å². The Kier molecular flexibility index (Phi) is 3.74. The molecule has 102 valence electrons. The number of benzene rings is 1. The van der Waals surface area contributed by atoms with Crippen LogP contribution in [0, 0.1) is 5.41 Å². The topological polar surface area (TPSA) is 62.8 Å². The molecule has 0 radical (unpaired) electrons. The normalized spacial score (nSPS) is 13.2. The van der Waals surface area contributed by atoms with E-state index in [4.69, 9.17) is 11.1 Å². The van der Waals surface area contributed by atoms with Crippen molar-refractivity contribution in [3.63, 3.8) is 0 Å². The Hall–Kier alpha value is -1.81. The molecule has 0 bridgehead atoms. The molecule has 0 saturated carbocycles. The zero-order valence-electron chi connectivity index (χ0n) is 11.2. The Balaban J connectivity index is 1.75. The van der Waals surface area contributed by atoms with E-state index in [1.165, 1.54) is 35.3 Å². The zero-order chi connectivity index (χ0) is 13.9. The average molecular weight is 283 g/mol. The molecule has 0 aliphatic heterocycles. The summed E-state index contributed by atoms with van der Waals surface area (Å²) >= 11 is 1.78. The Morgan fingerprint density at radius 2 is 2.10 bits per heavy atom. The molecule has 3 rings (SSSR count).